The number of fused-ring (bicyclic) bond motifs is 1. The maximum absolute atomic E-state index is 12.8. The van der Waals surface area contributed by atoms with Crippen molar-refractivity contribution in [3.8, 4) is 17.2 Å². The Labute approximate surface area is 180 Å². The van der Waals surface area contributed by atoms with Crippen LogP contribution in [0.15, 0.2) is 48.5 Å². The van der Waals surface area contributed by atoms with Gasteiger partial charge in [-0.3, -0.25) is 20.4 Å². The van der Waals surface area contributed by atoms with Crippen LogP contribution in [0.4, 0.5) is 0 Å². The molecule has 1 aliphatic carbocycles. The largest absolute Gasteiger partial charge is 0.493 e. The summed E-state index contributed by atoms with van der Waals surface area (Å²) in [5.74, 6) is 0.0840. The molecule has 2 aromatic carbocycles. The predicted molar refractivity (Wildman–Crippen MR) is 115 cm³/mol. The third-order valence-corrected chi connectivity index (χ3v) is 5.16. The molecular formula is C23H24N4O4. The maximum atomic E-state index is 12.8. The van der Waals surface area contributed by atoms with Gasteiger partial charge in [-0.25, -0.2) is 4.68 Å². The summed E-state index contributed by atoms with van der Waals surface area (Å²) in [4.78, 5) is 25.3. The van der Waals surface area contributed by atoms with E-state index in [1.807, 2.05) is 41.9 Å². The van der Waals surface area contributed by atoms with Crippen LogP contribution in [0, 0.1) is 0 Å². The molecule has 31 heavy (non-hydrogen) atoms. The zero-order valence-corrected chi connectivity index (χ0v) is 17.5. The number of aromatic nitrogens is 2. The summed E-state index contributed by atoms with van der Waals surface area (Å²) >= 11 is 0. The first kappa shape index (κ1) is 20.5. The van der Waals surface area contributed by atoms with Gasteiger partial charge in [0.15, 0.2) is 17.2 Å². The van der Waals surface area contributed by atoms with Crippen LogP contribution in [0.5, 0.6) is 11.5 Å². The Hall–Kier alpha value is -3.81. The first-order chi connectivity index (χ1) is 15.1. The molecule has 1 aromatic heterocycles. The van der Waals surface area contributed by atoms with E-state index in [4.69, 9.17) is 9.47 Å². The Kier molecular flexibility index (Phi) is 5.88. The highest BCUT2D eigenvalue weighted by atomic mass is 16.5. The van der Waals surface area contributed by atoms with Gasteiger partial charge < -0.3 is 9.47 Å². The van der Waals surface area contributed by atoms with Gasteiger partial charge in [0.2, 0.25) is 0 Å². The Morgan fingerprint density at radius 2 is 1.81 bits per heavy atom. The Bertz CT molecular complexity index is 1110. The molecule has 4 rings (SSSR count). The Morgan fingerprint density at radius 1 is 1.03 bits per heavy atom. The molecule has 3 aromatic rings. The highest BCUT2D eigenvalue weighted by molar-refractivity contribution is 5.99. The second kappa shape index (κ2) is 8.91. The van der Waals surface area contributed by atoms with Crippen LogP contribution in [0.3, 0.4) is 0 Å². The van der Waals surface area contributed by atoms with Crippen molar-refractivity contribution in [2.45, 2.75) is 26.2 Å². The molecule has 1 heterocycles. The van der Waals surface area contributed by atoms with E-state index in [1.54, 1.807) is 18.2 Å². The number of hydrogen-bond donors (Lipinski definition) is 2. The molecule has 0 bridgehead atoms. The SMILES string of the molecule is CCOc1ccc(C(=O)NNC(=O)c2nn(-c3ccccc3)c3c2CCC3)cc1OC. The van der Waals surface area contributed by atoms with Crippen molar-refractivity contribution in [2.24, 2.45) is 0 Å². The molecule has 0 spiro atoms. The number of ether oxygens (including phenoxy) is 2. The van der Waals surface area contributed by atoms with Gasteiger partial charge in [0.05, 0.1) is 19.4 Å². The van der Waals surface area contributed by atoms with E-state index in [9.17, 15) is 9.59 Å². The standard InChI is InChI=1S/C23H24N4O4/c1-3-31-19-13-12-15(14-20(19)30-2)22(28)24-25-23(29)21-17-10-7-11-18(17)27(26-21)16-8-5-4-6-9-16/h4-6,8-9,12-14H,3,7,10-11H2,1-2H3,(H,24,28)(H,25,29). The van der Waals surface area contributed by atoms with Crippen molar-refractivity contribution in [1.29, 1.82) is 0 Å². The van der Waals surface area contributed by atoms with Crippen molar-refractivity contribution in [2.75, 3.05) is 13.7 Å². The first-order valence-corrected chi connectivity index (χ1v) is 10.2. The zero-order valence-electron chi connectivity index (χ0n) is 17.5. The number of rotatable bonds is 6. The molecule has 0 radical (unpaired) electrons. The summed E-state index contributed by atoms with van der Waals surface area (Å²) in [6, 6.07) is 14.5. The van der Waals surface area contributed by atoms with Gasteiger partial charge in [0.1, 0.15) is 0 Å². The van der Waals surface area contributed by atoms with Gasteiger partial charge in [0, 0.05) is 16.8 Å². The van der Waals surface area contributed by atoms with Gasteiger partial charge in [-0.15, -0.1) is 0 Å². The number of carbonyl (C=O) groups is 2. The summed E-state index contributed by atoms with van der Waals surface area (Å²) in [6.45, 7) is 2.35. The third-order valence-electron chi connectivity index (χ3n) is 5.16. The molecule has 0 unspecified atom stereocenters. The van der Waals surface area contributed by atoms with Crippen LogP contribution in [0.2, 0.25) is 0 Å². The third kappa shape index (κ3) is 4.09. The van der Waals surface area contributed by atoms with Gasteiger partial charge >= 0.3 is 0 Å². The molecule has 0 aliphatic heterocycles. The molecule has 1 aliphatic rings. The summed E-state index contributed by atoms with van der Waals surface area (Å²) < 4.78 is 12.6. The molecule has 160 valence electrons. The number of amides is 2. The van der Waals surface area contributed by atoms with Gasteiger partial charge in [0.25, 0.3) is 11.8 Å². The molecule has 2 N–H and O–H groups in total. The number of para-hydroxylation sites is 1. The smallest absolute Gasteiger partial charge is 0.290 e. The lowest BCUT2D eigenvalue weighted by atomic mass is 10.2. The number of nitrogens with zero attached hydrogens (tertiary/aromatic N) is 2. The fraction of sp³-hybridized carbons (Fsp3) is 0.261. The second-order valence-electron chi connectivity index (χ2n) is 7.08. The van der Waals surface area contributed by atoms with Crippen molar-refractivity contribution in [1.82, 2.24) is 20.6 Å². The van der Waals surface area contributed by atoms with E-state index < -0.39 is 11.8 Å². The predicted octanol–water partition coefficient (Wildman–Crippen LogP) is 2.84. The molecule has 0 saturated heterocycles. The molecule has 0 saturated carbocycles. The van der Waals surface area contributed by atoms with Crippen LogP contribution in [0.25, 0.3) is 5.69 Å². The monoisotopic (exact) mass is 420 g/mol. The fourth-order valence-electron chi connectivity index (χ4n) is 3.73. The molecule has 0 atom stereocenters. The topological polar surface area (TPSA) is 94.5 Å². The number of hydrogen-bond acceptors (Lipinski definition) is 5. The zero-order chi connectivity index (χ0) is 21.8. The van der Waals surface area contributed by atoms with E-state index in [2.05, 4.69) is 16.0 Å². The number of nitrogens with one attached hydrogen (secondary N) is 2. The average Bonchev–Trinajstić information content (AvgIpc) is 3.41. The van der Waals surface area contributed by atoms with E-state index in [1.165, 1.54) is 7.11 Å². The summed E-state index contributed by atoms with van der Waals surface area (Å²) in [7, 11) is 1.50. The quantitative estimate of drug-likeness (QED) is 0.598. The Morgan fingerprint density at radius 3 is 2.55 bits per heavy atom. The fourth-order valence-corrected chi connectivity index (χ4v) is 3.73. The number of benzene rings is 2. The van der Waals surface area contributed by atoms with Crippen LogP contribution in [-0.2, 0) is 12.8 Å². The maximum Gasteiger partial charge on any atom is 0.290 e. The summed E-state index contributed by atoms with van der Waals surface area (Å²) in [5.41, 5.74) is 8.48. The molecule has 2 amide bonds. The average molecular weight is 420 g/mol. The summed E-state index contributed by atoms with van der Waals surface area (Å²) in [6.07, 6.45) is 2.62. The molecule has 8 nitrogen and oxygen atoms in total. The van der Waals surface area contributed by atoms with E-state index in [-0.39, 0.29) is 0 Å². The minimum atomic E-state index is -0.464. The molecule has 0 fully saturated rings. The Balaban J connectivity index is 1.49. The molecular weight excluding hydrogens is 396 g/mol. The number of carbonyl (C=O) groups excluding carboxylic acids is 2. The first-order valence-electron chi connectivity index (χ1n) is 10.2. The van der Waals surface area contributed by atoms with Crippen molar-refractivity contribution < 1.29 is 19.1 Å². The highest BCUT2D eigenvalue weighted by Gasteiger charge is 2.27. The molecule has 8 heteroatoms. The minimum Gasteiger partial charge on any atom is -0.493 e. The second-order valence-corrected chi connectivity index (χ2v) is 7.08. The van der Waals surface area contributed by atoms with Crippen LogP contribution < -0.4 is 20.3 Å². The van der Waals surface area contributed by atoms with Crippen LogP contribution in [-0.4, -0.2) is 35.3 Å². The van der Waals surface area contributed by atoms with Gasteiger partial charge in [-0.1, -0.05) is 18.2 Å². The van der Waals surface area contributed by atoms with Gasteiger partial charge in [-0.2, -0.15) is 5.10 Å². The summed E-state index contributed by atoms with van der Waals surface area (Å²) in [5, 5.41) is 4.53. The van der Waals surface area contributed by atoms with E-state index in [0.717, 1.165) is 36.2 Å². The van der Waals surface area contributed by atoms with Gasteiger partial charge in [-0.05, 0) is 56.5 Å². The lowest BCUT2D eigenvalue weighted by molar-refractivity contribution is 0.0843. The van der Waals surface area contributed by atoms with E-state index >= 15 is 0 Å². The van der Waals surface area contributed by atoms with Crippen molar-refractivity contribution in [3.63, 3.8) is 0 Å². The normalized spacial score (nSPS) is 12.2. The lowest BCUT2D eigenvalue weighted by Gasteiger charge is -2.11. The van der Waals surface area contributed by atoms with Crippen molar-refractivity contribution >= 4 is 11.8 Å². The number of methoxy groups -OCH3 is 1. The highest BCUT2D eigenvalue weighted by Crippen LogP contribution is 2.29. The van der Waals surface area contributed by atoms with Crippen LogP contribution in [0.1, 0.15) is 45.4 Å². The van der Waals surface area contributed by atoms with E-state index in [0.29, 0.717) is 29.4 Å². The number of hydrazine groups is 1. The van der Waals surface area contributed by atoms with Crippen molar-refractivity contribution in [3.05, 3.63) is 71.0 Å². The lowest BCUT2D eigenvalue weighted by Crippen LogP contribution is -2.42. The van der Waals surface area contributed by atoms with Crippen LogP contribution >= 0.6 is 0 Å². The minimum absolute atomic E-state index is 0.334.